The predicted octanol–water partition coefficient (Wildman–Crippen LogP) is 2.67. The molecule has 1 N–H and O–H groups in total. The zero-order valence-corrected chi connectivity index (χ0v) is 17.6. The topological polar surface area (TPSA) is 69.7 Å². The third-order valence-corrected chi connectivity index (χ3v) is 7.54. The lowest BCUT2D eigenvalue weighted by atomic mass is 10.0. The minimum absolute atomic E-state index is 0.00675. The molecular weight excluding hydrogens is 410 g/mol. The Balaban J connectivity index is 1.48. The molecule has 2 fully saturated rings. The zero-order chi connectivity index (χ0) is 20.4. The van der Waals surface area contributed by atoms with Crippen LogP contribution in [0.15, 0.2) is 59.5 Å². The predicted molar refractivity (Wildman–Crippen MR) is 112 cm³/mol. The van der Waals surface area contributed by atoms with Crippen molar-refractivity contribution in [1.82, 2.24) is 14.5 Å². The molecule has 2 aromatic carbocycles. The molecule has 1 saturated heterocycles. The number of nitrogens with one attached hydrogen (secondary N) is 1. The second kappa shape index (κ2) is 8.44. The van der Waals surface area contributed by atoms with Crippen LogP contribution in [-0.2, 0) is 14.8 Å². The largest absolute Gasteiger partial charge is 0.352 e. The summed E-state index contributed by atoms with van der Waals surface area (Å²) in [6.45, 7) is 1.66. The molecule has 1 aliphatic carbocycles. The van der Waals surface area contributed by atoms with E-state index < -0.39 is 16.1 Å². The van der Waals surface area contributed by atoms with Crippen LogP contribution in [0.2, 0.25) is 5.02 Å². The highest BCUT2D eigenvalue weighted by Gasteiger charge is 2.36. The van der Waals surface area contributed by atoms with Gasteiger partial charge in [0.25, 0.3) is 0 Å². The molecule has 1 amide bonds. The Kier molecular flexibility index (Phi) is 5.92. The van der Waals surface area contributed by atoms with Crippen LogP contribution >= 0.6 is 11.6 Å². The Morgan fingerprint density at radius 2 is 1.59 bits per heavy atom. The van der Waals surface area contributed by atoms with E-state index in [2.05, 4.69) is 10.2 Å². The summed E-state index contributed by atoms with van der Waals surface area (Å²) in [7, 11) is -3.57. The van der Waals surface area contributed by atoms with Gasteiger partial charge in [0.15, 0.2) is 0 Å². The first-order valence-electron chi connectivity index (χ1n) is 9.80. The molecule has 8 heteroatoms. The fourth-order valence-corrected chi connectivity index (χ4v) is 5.18. The number of benzene rings is 2. The first kappa shape index (κ1) is 20.3. The molecule has 29 heavy (non-hydrogen) atoms. The monoisotopic (exact) mass is 433 g/mol. The Morgan fingerprint density at radius 3 is 2.17 bits per heavy atom. The number of halogens is 1. The highest BCUT2D eigenvalue weighted by molar-refractivity contribution is 7.89. The van der Waals surface area contributed by atoms with Gasteiger partial charge >= 0.3 is 0 Å². The van der Waals surface area contributed by atoms with Crippen molar-refractivity contribution in [1.29, 1.82) is 0 Å². The molecule has 0 bridgehead atoms. The van der Waals surface area contributed by atoms with Gasteiger partial charge in [-0.2, -0.15) is 4.31 Å². The van der Waals surface area contributed by atoms with Crippen LogP contribution in [0, 0.1) is 0 Å². The van der Waals surface area contributed by atoms with E-state index in [1.165, 1.54) is 16.4 Å². The van der Waals surface area contributed by atoms with Crippen molar-refractivity contribution in [3.05, 3.63) is 65.2 Å². The van der Waals surface area contributed by atoms with Gasteiger partial charge in [-0.25, -0.2) is 8.42 Å². The van der Waals surface area contributed by atoms with E-state index in [0.29, 0.717) is 31.2 Å². The van der Waals surface area contributed by atoms with Gasteiger partial charge < -0.3 is 5.32 Å². The van der Waals surface area contributed by atoms with E-state index in [1.807, 2.05) is 30.3 Å². The lowest BCUT2D eigenvalue weighted by Gasteiger charge is -2.38. The van der Waals surface area contributed by atoms with Gasteiger partial charge in [0.2, 0.25) is 15.9 Å². The molecule has 1 heterocycles. The van der Waals surface area contributed by atoms with E-state index in [9.17, 15) is 13.2 Å². The molecule has 1 aliphatic heterocycles. The minimum atomic E-state index is -3.57. The van der Waals surface area contributed by atoms with Crippen LogP contribution in [0.1, 0.15) is 24.4 Å². The fraction of sp³-hybridized carbons (Fsp3) is 0.381. The molecule has 6 nitrogen and oxygen atoms in total. The normalized spacial score (nSPS) is 19.6. The van der Waals surface area contributed by atoms with Gasteiger partial charge in [0.05, 0.1) is 4.90 Å². The summed E-state index contributed by atoms with van der Waals surface area (Å²) in [5.74, 6) is -0.00675. The number of hydrogen-bond acceptors (Lipinski definition) is 4. The maximum absolute atomic E-state index is 12.9. The molecule has 0 spiro atoms. The third kappa shape index (κ3) is 4.64. The molecule has 154 valence electrons. The summed E-state index contributed by atoms with van der Waals surface area (Å²) < 4.78 is 27.3. The van der Waals surface area contributed by atoms with Crippen LogP contribution in [0.5, 0.6) is 0 Å². The summed E-state index contributed by atoms with van der Waals surface area (Å²) in [4.78, 5) is 15.2. The lowest BCUT2D eigenvalue weighted by molar-refractivity contribution is -0.127. The Bertz CT molecular complexity index is 954. The van der Waals surface area contributed by atoms with E-state index in [1.54, 1.807) is 12.1 Å². The SMILES string of the molecule is O=C(NC1CC1)[C@@H](c1ccccc1)N1CCN(S(=O)(=O)c2ccc(Cl)cc2)CC1. The molecular formula is C21H24ClN3O3S. The first-order chi connectivity index (χ1) is 13.9. The van der Waals surface area contributed by atoms with Gasteiger partial charge in [0, 0.05) is 37.2 Å². The number of rotatable bonds is 6. The molecule has 4 rings (SSSR count). The number of carbonyl (C=O) groups excluding carboxylic acids is 1. The Morgan fingerprint density at radius 1 is 0.966 bits per heavy atom. The van der Waals surface area contributed by atoms with Crippen LogP contribution in [0.4, 0.5) is 0 Å². The summed E-state index contributed by atoms with van der Waals surface area (Å²) in [6, 6.07) is 15.8. The molecule has 1 saturated carbocycles. The van der Waals surface area contributed by atoms with Crippen molar-refractivity contribution < 1.29 is 13.2 Å². The number of amides is 1. The third-order valence-electron chi connectivity index (χ3n) is 5.38. The van der Waals surface area contributed by atoms with Crippen LogP contribution in [-0.4, -0.2) is 55.8 Å². The van der Waals surface area contributed by atoms with Gasteiger partial charge in [-0.15, -0.1) is 0 Å². The fourth-order valence-electron chi connectivity index (χ4n) is 3.63. The Labute approximate surface area is 176 Å². The molecule has 0 radical (unpaired) electrons. The van der Waals surface area contributed by atoms with Crippen LogP contribution < -0.4 is 5.32 Å². The van der Waals surface area contributed by atoms with Crippen molar-refractivity contribution >= 4 is 27.5 Å². The molecule has 2 aliphatic rings. The number of carbonyl (C=O) groups is 1. The van der Waals surface area contributed by atoms with Crippen molar-refractivity contribution in [2.75, 3.05) is 26.2 Å². The summed E-state index contributed by atoms with van der Waals surface area (Å²) in [6.07, 6.45) is 2.06. The van der Waals surface area contributed by atoms with E-state index in [-0.39, 0.29) is 16.8 Å². The first-order valence-corrected chi connectivity index (χ1v) is 11.6. The van der Waals surface area contributed by atoms with Crippen LogP contribution in [0.3, 0.4) is 0 Å². The van der Waals surface area contributed by atoms with Crippen molar-refractivity contribution in [2.24, 2.45) is 0 Å². The number of sulfonamides is 1. The average molecular weight is 434 g/mol. The van der Waals surface area contributed by atoms with Gasteiger partial charge in [-0.3, -0.25) is 9.69 Å². The van der Waals surface area contributed by atoms with E-state index in [4.69, 9.17) is 11.6 Å². The number of nitrogens with zero attached hydrogens (tertiary/aromatic N) is 2. The number of piperazine rings is 1. The maximum Gasteiger partial charge on any atom is 0.243 e. The van der Waals surface area contributed by atoms with E-state index >= 15 is 0 Å². The standard InChI is InChI=1S/C21H24ClN3O3S/c22-17-6-10-19(11-7-17)29(27,28)25-14-12-24(13-15-25)20(16-4-2-1-3-5-16)21(26)23-18-8-9-18/h1-7,10-11,18,20H,8-9,12-15H2,(H,23,26)/t20-/m1/s1. The summed E-state index contributed by atoms with van der Waals surface area (Å²) in [5, 5.41) is 3.60. The van der Waals surface area contributed by atoms with Crippen molar-refractivity contribution in [3.8, 4) is 0 Å². The van der Waals surface area contributed by atoms with Gasteiger partial charge in [0.1, 0.15) is 6.04 Å². The highest BCUT2D eigenvalue weighted by atomic mass is 35.5. The lowest BCUT2D eigenvalue weighted by Crippen LogP contribution is -2.52. The zero-order valence-electron chi connectivity index (χ0n) is 16.0. The Hall–Kier alpha value is -1.93. The smallest absolute Gasteiger partial charge is 0.243 e. The number of hydrogen-bond donors (Lipinski definition) is 1. The van der Waals surface area contributed by atoms with E-state index in [0.717, 1.165) is 18.4 Å². The highest BCUT2D eigenvalue weighted by Crippen LogP contribution is 2.27. The summed E-state index contributed by atoms with van der Waals surface area (Å²) >= 11 is 5.88. The molecule has 1 atom stereocenters. The van der Waals surface area contributed by atoms with Crippen LogP contribution in [0.25, 0.3) is 0 Å². The van der Waals surface area contributed by atoms with Gasteiger partial charge in [-0.05, 0) is 42.7 Å². The second-order valence-corrected chi connectivity index (χ2v) is 9.86. The quantitative estimate of drug-likeness (QED) is 0.760. The van der Waals surface area contributed by atoms with Crippen molar-refractivity contribution in [2.45, 2.75) is 29.8 Å². The molecule has 0 aromatic heterocycles. The summed E-state index contributed by atoms with van der Waals surface area (Å²) in [5.41, 5.74) is 0.930. The second-order valence-electron chi connectivity index (χ2n) is 7.49. The average Bonchev–Trinajstić information content (AvgIpc) is 3.54. The van der Waals surface area contributed by atoms with Gasteiger partial charge in [-0.1, -0.05) is 41.9 Å². The molecule has 2 aromatic rings. The maximum atomic E-state index is 12.9. The minimum Gasteiger partial charge on any atom is -0.352 e. The molecule has 0 unspecified atom stereocenters. The van der Waals surface area contributed by atoms with Crippen molar-refractivity contribution in [3.63, 3.8) is 0 Å².